The SMILES string of the molecule is C[C@](O)(c1ccc(N2CCN(S(=O)(=O)c3ccc(N)nc3)C[C@@H]2CC2CCOCC2)cc1)C(F)(F)F. The van der Waals surface area contributed by atoms with Crippen LogP contribution >= 0.6 is 0 Å². The lowest BCUT2D eigenvalue weighted by atomic mass is 9.90. The minimum absolute atomic E-state index is 0.0636. The third-order valence-electron chi connectivity index (χ3n) is 7.10. The smallest absolute Gasteiger partial charge is 0.384 e. The summed E-state index contributed by atoms with van der Waals surface area (Å²) in [7, 11) is -3.79. The highest BCUT2D eigenvalue weighted by molar-refractivity contribution is 7.89. The molecule has 12 heteroatoms. The molecule has 1 aromatic carbocycles. The summed E-state index contributed by atoms with van der Waals surface area (Å²) >= 11 is 0. The number of aliphatic hydroxyl groups is 1. The zero-order valence-corrected chi connectivity index (χ0v) is 20.8. The fourth-order valence-electron chi connectivity index (χ4n) is 4.79. The number of nitrogens with two attached hydrogens (primary N) is 1. The number of nitrogens with zero attached hydrogens (tertiary/aromatic N) is 3. The van der Waals surface area contributed by atoms with E-state index in [2.05, 4.69) is 9.88 Å². The number of hydrogen-bond acceptors (Lipinski definition) is 7. The lowest BCUT2D eigenvalue weighted by Gasteiger charge is -2.44. The molecule has 8 nitrogen and oxygen atoms in total. The van der Waals surface area contributed by atoms with E-state index < -0.39 is 21.8 Å². The summed E-state index contributed by atoms with van der Waals surface area (Å²) in [6.45, 7) is 2.83. The van der Waals surface area contributed by atoms with Crippen LogP contribution in [0.15, 0.2) is 47.5 Å². The molecule has 0 saturated carbocycles. The molecule has 198 valence electrons. The molecule has 0 amide bonds. The largest absolute Gasteiger partial charge is 0.421 e. The van der Waals surface area contributed by atoms with Gasteiger partial charge in [-0.05, 0) is 61.9 Å². The van der Waals surface area contributed by atoms with E-state index in [-0.39, 0.29) is 35.4 Å². The van der Waals surface area contributed by atoms with E-state index in [4.69, 9.17) is 10.5 Å². The minimum Gasteiger partial charge on any atom is -0.384 e. The van der Waals surface area contributed by atoms with Crippen molar-refractivity contribution in [3.8, 4) is 0 Å². The fourth-order valence-corrected chi connectivity index (χ4v) is 6.20. The van der Waals surface area contributed by atoms with Crippen LogP contribution in [0.2, 0.25) is 0 Å². The lowest BCUT2D eigenvalue weighted by Crippen LogP contribution is -2.55. The Morgan fingerprint density at radius 2 is 1.78 bits per heavy atom. The molecule has 3 heterocycles. The van der Waals surface area contributed by atoms with E-state index in [1.54, 1.807) is 12.1 Å². The van der Waals surface area contributed by atoms with Gasteiger partial charge in [0.25, 0.3) is 0 Å². The molecule has 2 saturated heterocycles. The summed E-state index contributed by atoms with van der Waals surface area (Å²) < 4.78 is 73.3. The topological polar surface area (TPSA) is 109 Å². The molecule has 2 atom stereocenters. The molecule has 36 heavy (non-hydrogen) atoms. The lowest BCUT2D eigenvalue weighted by molar-refractivity contribution is -0.258. The third kappa shape index (κ3) is 5.46. The molecule has 0 aliphatic carbocycles. The van der Waals surface area contributed by atoms with Crippen molar-refractivity contribution in [2.24, 2.45) is 5.92 Å². The second-order valence-corrected chi connectivity index (χ2v) is 11.5. The van der Waals surface area contributed by atoms with Crippen LogP contribution in [0.5, 0.6) is 0 Å². The van der Waals surface area contributed by atoms with Gasteiger partial charge in [0.05, 0.1) is 0 Å². The molecule has 0 spiro atoms. The number of alkyl halides is 3. The van der Waals surface area contributed by atoms with E-state index in [0.717, 1.165) is 26.2 Å². The number of nitrogen functional groups attached to an aromatic ring is 1. The van der Waals surface area contributed by atoms with Crippen LogP contribution in [0.3, 0.4) is 0 Å². The first-order valence-corrected chi connectivity index (χ1v) is 13.3. The Bertz CT molecular complexity index is 1140. The summed E-state index contributed by atoms with van der Waals surface area (Å²) in [6.07, 6.45) is -1.11. The van der Waals surface area contributed by atoms with Gasteiger partial charge in [-0.15, -0.1) is 0 Å². The van der Waals surface area contributed by atoms with E-state index in [1.165, 1.54) is 34.8 Å². The van der Waals surface area contributed by atoms with Gasteiger partial charge in [-0.2, -0.15) is 17.5 Å². The maximum absolute atomic E-state index is 13.3. The highest BCUT2D eigenvalue weighted by Crippen LogP contribution is 2.39. The summed E-state index contributed by atoms with van der Waals surface area (Å²) in [5.41, 5.74) is 3.07. The predicted octanol–water partition coefficient (Wildman–Crippen LogP) is 3.13. The molecule has 2 fully saturated rings. The highest BCUT2D eigenvalue weighted by Gasteiger charge is 2.51. The average molecular weight is 529 g/mol. The van der Waals surface area contributed by atoms with Crippen LogP contribution in [0.1, 0.15) is 31.7 Å². The van der Waals surface area contributed by atoms with Crippen LogP contribution in [0.25, 0.3) is 0 Å². The van der Waals surface area contributed by atoms with Crippen molar-refractivity contribution >= 4 is 21.5 Å². The van der Waals surface area contributed by atoms with Crippen LogP contribution in [0, 0.1) is 5.92 Å². The van der Waals surface area contributed by atoms with Gasteiger partial charge in [-0.25, -0.2) is 13.4 Å². The molecule has 1 aromatic heterocycles. The first kappa shape index (κ1) is 26.6. The van der Waals surface area contributed by atoms with Crippen LogP contribution in [-0.4, -0.2) is 67.9 Å². The van der Waals surface area contributed by atoms with Gasteiger partial charge in [-0.3, -0.25) is 0 Å². The Balaban J connectivity index is 1.59. The molecule has 3 N–H and O–H groups in total. The quantitative estimate of drug-likeness (QED) is 0.593. The Labute approximate surface area is 208 Å². The number of benzene rings is 1. The van der Waals surface area contributed by atoms with Gasteiger partial charge in [0.15, 0.2) is 5.60 Å². The fraction of sp³-hybridized carbons (Fsp3) is 0.542. The van der Waals surface area contributed by atoms with Gasteiger partial charge in [-0.1, -0.05) is 12.1 Å². The molecule has 2 aromatic rings. The summed E-state index contributed by atoms with van der Waals surface area (Å²) in [5.74, 6) is 0.571. The van der Waals surface area contributed by atoms with Crippen molar-refractivity contribution in [3.63, 3.8) is 0 Å². The van der Waals surface area contributed by atoms with Crippen LogP contribution in [-0.2, 0) is 20.4 Å². The number of piperazine rings is 1. The van der Waals surface area contributed by atoms with Gasteiger partial charge in [0, 0.05) is 50.8 Å². The average Bonchev–Trinajstić information content (AvgIpc) is 2.84. The van der Waals surface area contributed by atoms with E-state index >= 15 is 0 Å². The van der Waals surface area contributed by atoms with Crippen molar-refractivity contribution in [3.05, 3.63) is 48.2 Å². The zero-order chi connectivity index (χ0) is 26.1. The Morgan fingerprint density at radius 1 is 1.11 bits per heavy atom. The molecule has 0 bridgehead atoms. The number of sulfonamides is 1. The first-order valence-electron chi connectivity index (χ1n) is 11.9. The Morgan fingerprint density at radius 3 is 2.36 bits per heavy atom. The summed E-state index contributed by atoms with van der Waals surface area (Å²) in [5, 5.41) is 10.0. The number of hydrogen-bond donors (Lipinski definition) is 2. The molecule has 2 aliphatic heterocycles. The molecular formula is C24H31F3N4O4S. The Kier molecular flexibility index (Phi) is 7.52. The molecular weight excluding hydrogens is 497 g/mol. The van der Waals surface area contributed by atoms with Crippen molar-refractivity contribution in [2.75, 3.05) is 43.5 Å². The molecule has 2 aliphatic rings. The van der Waals surface area contributed by atoms with E-state index in [9.17, 15) is 26.7 Å². The predicted molar refractivity (Wildman–Crippen MR) is 129 cm³/mol. The number of halogens is 3. The minimum atomic E-state index is -4.81. The van der Waals surface area contributed by atoms with Gasteiger partial charge in [0.1, 0.15) is 10.7 Å². The normalized spacial score (nSPS) is 22.4. The zero-order valence-electron chi connectivity index (χ0n) is 20.0. The third-order valence-corrected chi connectivity index (χ3v) is 8.95. The van der Waals surface area contributed by atoms with Gasteiger partial charge in [0.2, 0.25) is 10.0 Å². The monoisotopic (exact) mass is 528 g/mol. The number of rotatable bonds is 6. The number of aromatic nitrogens is 1. The van der Waals surface area contributed by atoms with Crippen LogP contribution < -0.4 is 10.6 Å². The second kappa shape index (κ2) is 10.2. The highest BCUT2D eigenvalue weighted by atomic mass is 32.2. The Hall–Kier alpha value is -2.41. The van der Waals surface area contributed by atoms with Crippen molar-refractivity contribution in [1.29, 1.82) is 0 Å². The first-order chi connectivity index (χ1) is 16.9. The number of anilines is 2. The van der Waals surface area contributed by atoms with Crippen molar-refractivity contribution in [2.45, 2.75) is 48.9 Å². The standard InChI is InChI=1S/C24H31F3N4O4S/c1-23(32,24(25,26)27)18-2-4-19(5-3-18)31-11-10-30(16-20(31)14-17-8-12-35-13-9-17)36(33,34)21-6-7-22(28)29-15-21/h2-7,15,17,20,32H,8-14,16H2,1H3,(H2,28,29)/t20-,23-/m0/s1. The molecule has 4 rings (SSSR count). The van der Waals surface area contributed by atoms with Crippen molar-refractivity contribution < 1.29 is 31.4 Å². The maximum Gasteiger partial charge on any atom is 0.421 e. The van der Waals surface area contributed by atoms with Crippen molar-refractivity contribution in [1.82, 2.24) is 9.29 Å². The molecule has 0 radical (unpaired) electrons. The molecule has 0 unspecified atom stereocenters. The second-order valence-electron chi connectivity index (χ2n) is 9.54. The van der Waals surface area contributed by atoms with E-state index in [0.29, 0.717) is 31.4 Å². The van der Waals surface area contributed by atoms with Gasteiger partial charge < -0.3 is 20.5 Å². The van der Waals surface area contributed by atoms with E-state index in [1.807, 2.05) is 0 Å². The summed E-state index contributed by atoms with van der Waals surface area (Å²) in [6, 6.07) is 8.35. The van der Waals surface area contributed by atoms with Crippen LogP contribution in [0.4, 0.5) is 24.7 Å². The van der Waals surface area contributed by atoms with Gasteiger partial charge >= 0.3 is 6.18 Å². The maximum atomic E-state index is 13.3. The number of pyridine rings is 1. The number of ether oxygens (including phenoxy) is 1. The summed E-state index contributed by atoms with van der Waals surface area (Å²) in [4.78, 5) is 6.02.